The van der Waals surface area contributed by atoms with Crippen LogP contribution in [0.15, 0.2) is 60.0 Å². The fourth-order valence-corrected chi connectivity index (χ4v) is 3.72. The Labute approximate surface area is 190 Å². The summed E-state index contributed by atoms with van der Waals surface area (Å²) in [5, 5.41) is 13.0. The third-order valence-corrected chi connectivity index (χ3v) is 5.59. The van der Waals surface area contributed by atoms with E-state index in [1.165, 1.54) is 18.3 Å². The summed E-state index contributed by atoms with van der Waals surface area (Å²) >= 11 is 1.24. The molecule has 0 saturated carbocycles. The second kappa shape index (κ2) is 10.6. The maximum absolute atomic E-state index is 12.7. The minimum absolute atomic E-state index is 0.0156. The highest BCUT2D eigenvalue weighted by atomic mass is 32.1. The van der Waals surface area contributed by atoms with Gasteiger partial charge in [0.15, 0.2) is 10.9 Å². The van der Waals surface area contributed by atoms with Crippen molar-refractivity contribution in [2.75, 3.05) is 5.32 Å². The molecule has 1 amide bonds. The van der Waals surface area contributed by atoms with E-state index in [0.717, 1.165) is 11.1 Å². The standard InChI is InChI=1S/C24H23N3O4S/c1-3-19(21(25)23(30)31-13-16-7-5-4-6-8-16)22(29)27-24-26-20(14-32-24)18-11-9-17(10-12-18)15(2)28/h4-12,14,19,25H,3,13H2,1-2H3,(H,26,27,29)/t19-/m0/s1. The first-order valence-corrected chi connectivity index (χ1v) is 10.9. The molecule has 32 heavy (non-hydrogen) atoms. The van der Waals surface area contributed by atoms with Crippen LogP contribution >= 0.6 is 11.3 Å². The predicted octanol–water partition coefficient (Wildman–Crippen LogP) is 4.74. The second-order valence-electron chi connectivity index (χ2n) is 7.10. The minimum Gasteiger partial charge on any atom is -0.456 e. The number of aromatic nitrogens is 1. The number of thiazole rings is 1. The van der Waals surface area contributed by atoms with Gasteiger partial charge in [-0.2, -0.15) is 0 Å². The van der Waals surface area contributed by atoms with Crippen molar-refractivity contribution in [1.29, 1.82) is 5.41 Å². The van der Waals surface area contributed by atoms with Crippen LogP contribution in [0, 0.1) is 11.3 Å². The number of carbonyl (C=O) groups is 3. The Hall–Kier alpha value is -3.65. The zero-order chi connectivity index (χ0) is 23.1. The number of hydrogen-bond donors (Lipinski definition) is 2. The topological polar surface area (TPSA) is 109 Å². The molecule has 7 nitrogen and oxygen atoms in total. The molecule has 164 valence electrons. The molecule has 0 radical (unpaired) electrons. The number of carbonyl (C=O) groups excluding carboxylic acids is 3. The normalized spacial score (nSPS) is 11.4. The zero-order valence-corrected chi connectivity index (χ0v) is 18.6. The van der Waals surface area contributed by atoms with Crippen molar-refractivity contribution in [3.8, 4) is 11.3 Å². The number of nitrogens with zero attached hydrogens (tertiary/aromatic N) is 1. The van der Waals surface area contributed by atoms with E-state index in [1.54, 1.807) is 36.6 Å². The molecule has 2 aromatic carbocycles. The van der Waals surface area contributed by atoms with Crippen LogP contribution in [0.5, 0.6) is 0 Å². The van der Waals surface area contributed by atoms with Crippen LogP contribution in [-0.2, 0) is 20.9 Å². The molecular weight excluding hydrogens is 426 g/mol. The van der Waals surface area contributed by atoms with Gasteiger partial charge < -0.3 is 10.1 Å². The van der Waals surface area contributed by atoms with Gasteiger partial charge in [0.25, 0.3) is 0 Å². The van der Waals surface area contributed by atoms with Crippen molar-refractivity contribution in [2.45, 2.75) is 26.9 Å². The second-order valence-corrected chi connectivity index (χ2v) is 7.96. The van der Waals surface area contributed by atoms with Crippen molar-refractivity contribution in [3.05, 3.63) is 71.1 Å². The Morgan fingerprint density at radius 3 is 2.41 bits per heavy atom. The molecule has 1 heterocycles. The van der Waals surface area contributed by atoms with Crippen LogP contribution in [0.2, 0.25) is 0 Å². The van der Waals surface area contributed by atoms with Crippen LogP contribution in [0.4, 0.5) is 5.13 Å². The average molecular weight is 450 g/mol. The third kappa shape index (κ3) is 5.73. The van der Waals surface area contributed by atoms with Gasteiger partial charge in [0.1, 0.15) is 12.3 Å². The maximum atomic E-state index is 12.7. The van der Waals surface area contributed by atoms with E-state index in [0.29, 0.717) is 16.4 Å². The van der Waals surface area contributed by atoms with Crippen LogP contribution in [0.1, 0.15) is 36.2 Å². The number of nitrogens with one attached hydrogen (secondary N) is 2. The highest BCUT2D eigenvalue weighted by Gasteiger charge is 2.28. The van der Waals surface area contributed by atoms with Crippen LogP contribution < -0.4 is 5.32 Å². The van der Waals surface area contributed by atoms with Crippen molar-refractivity contribution in [3.63, 3.8) is 0 Å². The molecule has 0 bridgehead atoms. The van der Waals surface area contributed by atoms with E-state index in [1.807, 2.05) is 30.3 Å². The van der Waals surface area contributed by atoms with Gasteiger partial charge in [0.2, 0.25) is 5.91 Å². The minimum atomic E-state index is -0.944. The van der Waals surface area contributed by atoms with Gasteiger partial charge in [-0.25, -0.2) is 9.78 Å². The number of esters is 1. The summed E-state index contributed by atoms with van der Waals surface area (Å²) in [6.45, 7) is 3.27. The molecule has 0 spiro atoms. The van der Waals surface area contributed by atoms with Gasteiger partial charge in [-0.1, -0.05) is 61.5 Å². The van der Waals surface area contributed by atoms with E-state index in [2.05, 4.69) is 10.3 Å². The zero-order valence-electron chi connectivity index (χ0n) is 17.8. The largest absolute Gasteiger partial charge is 0.456 e. The molecule has 0 saturated heterocycles. The highest BCUT2D eigenvalue weighted by Crippen LogP contribution is 2.26. The molecule has 3 rings (SSSR count). The fraction of sp³-hybridized carbons (Fsp3) is 0.208. The number of Topliss-reactive ketones (excluding diaryl/α,β-unsaturated/α-hetero) is 1. The number of ether oxygens (including phenoxy) is 1. The number of hydrogen-bond acceptors (Lipinski definition) is 7. The van der Waals surface area contributed by atoms with Gasteiger partial charge in [0, 0.05) is 16.5 Å². The summed E-state index contributed by atoms with van der Waals surface area (Å²) in [5.74, 6) is -2.26. The Morgan fingerprint density at radius 2 is 1.78 bits per heavy atom. The van der Waals surface area contributed by atoms with Gasteiger partial charge in [-0.3, -0.25) is 15.0 Å². The summed E-state index contributed by atoms with van der Waals surface area (Å²) in [7, 11) is 0. The molecule has 0 aliphatic heterocycles. The van der Waals surface area contributed by atoms with Gasteiger partial charge in [0.05, 0.1) is 11.6 Å². The lowest BCUT2D eigenvalue weighted by Gasteiger charge is -2.14. The number of rotatable bonds is 9. The number of ketones is 1. The van der Waals surface area contributed by atoms with Crippen LogP contribution in [0.25, 0.3) is 11.3 Å². The molecule has 0 unspecified atom stereocenters. The summed E-state index contributed by atoms with van der Waals surface area (Å²) in [5.41, 5.74) is 2.50. The first-order chi connectivity index (χ1) is 15.4. The molecular formula is C24H23N3O4S. The Kier molecular flexibility index (Phi) is 7.62. The van der Waals surface area contributed by atoms with Crippen molar-refractivity contribution in [2.24, 2.45) is 5.92 Å². The highest BCUT2D eigenvalue weighted by molar-refractivity contribution is 7.14. The Morgan fingerprint density at radius 1 is 1.09 bits per heavy atom. The number of amides is 1. The molecule has 1 atom stereocenters. The lowest BCUT2D eigenvalue weighted by molar-refractivity contribution is -0.137. The first-order valence-electron chi connectivity index (χ1n) is 10.1. The Bertz CT molecular complexity index is 1120. The van der Waals surface area contributed by atoms with Gasteiger partial charge in [-0.05, 0) is 18.9 Å². The van der Waals surface area contributed by atoms with E-state index in [4.69, 9.17) is 10.1 Å². The summed E-state index contributed by atoms with van der Waals surface area (Å²) in [6.07, 6.45) is 0.274. The van der Waals surface area contributed by atoms with E-state index in [9.17, 15) is 14.4 Å². The van der Waals surface area contributed by atoms with E-state index in [-0.39, 0.29) is 18.8 Å². The number of anilines is 1. The van der Waals surface area contributed by atoms with Crippen LogP contribution in [-0.4, -0.2) is 28.4 Å². The van der Waals surface area contributed by atoms with Gasteiger partial charge in [-0.15, -0.1) is 11.3 Å². The summed E-state index contributed by atoms with van der Waals surface area (Å²) < 4.78 is 5.18. The number of benzene rings is 2. The lowest BCUT2D eigenvalue weighted by atomic mass is 9.99. The average Bonchev–Trinajstić information content (AvgIpc) is 3.27. The fourth-order valence-electron chi connectivity index (χ4n) is 3.00. The Balaban J connectivity index is 1.61. The molecule has 1 aromatic heterocycles. The lowest BCUT2D eigenvalue weighted by Crippen LogP contribution is -2.34. The van der Waals surface area contributed by atoms with Crippen molar-refractivity contribution in [1.82, 2.24) is 4.98 Å². The van der Waals surface area contributed by atoms with Crippen molar-refractivity contribution >= 4 is 39.8 Å². The quantitative estimate of drug-likeness (QED) is 0.279. The summed E-state index contributed by atoms with van der Waals surface area (Å²) in [6, 6.07) is 16.2. The van der Waals surface area contributed by atoms with Crippen molar-refractivity contribution < 1.29 is 19.1 Å². The first kappa shape index (κ1) is 23.0. The molecule has 2 N–H and O–H groups in total. The molecule has 0 aliphatic rings. The maximum Gasteiger partial charge on any atom is 0.353 e. The predicted molar refractivity (Wildman–Crippen MR) is 124 cm³/mol. The van der Waals surface area contributed by atoms with E-state index < -0.39 is 23.5 Å². The SMILES string of the molecule is CC[C@@H](C(=N)C(=O)OCc1ccccc1)C(=O)Nc1nc(-c2ccc(C(C)=O)cc2)cs1. The molecule has 3 aromatic rings. The molecule has 8 heteroatoms. The molecule has 0 fully saturated rings. The summed E-state index contributed by atoms with van der Waals surface area (Å²) in [4.78, 5) is 40.8. The third-order valence-electron chi connectivity index (χ3n) is 4.83. The van der Waals surface area contributed by atoms with E-state index >= 15 is 0 Å². The van der Waals surface area contributed by atoms with Crippen LogP contribution in [0.3, 0.4) is 0 Å². The smallest absolute Gasteiger partial charge is 0.353 e. The molecule has 0 aliphatic carbocycles. The van der Waals surface area contributed by atoms with Gasteiger partial charge >= 0.3 is 5.97 Å². The monoisotopic (exact) mass is 449 g/mol.